The van der Waals surface area contributed by atoms with Gasteiger partial charge in [-0.15, -0.1) is 0 Å². The fourth-order valence-corrected chi connectivity index (χ4v) is 4.39. The fourth-order valence-electron chi connectivity index (χ4n) is 3.90. The van der Waals surface area contributed by atoms with Crippen LogP contribution >= 0.6 is 22.6 Å². The molecule has 8 nitrogen and oxygen atoms in total. The van der Waals surface area contributed by atoms with E-state index in [4.69, 9.17) is 4.74 Å². The normalized spacial score (nSPS) is 17.9. The van der Waals surface area contributed by atoms with E-state index in [1.54, 1.807) is 68.4 Å². The van der Waals surface area contributed by atoms with Gasteiger partial charge in [0.25, 0.3) is 11.8 Å². The van der Waals surface area contributed by atoms with Crippen molar-refractivity contribution >= 4 is 51.8 Å². The van der Waals surface area contributed by atoms with Gasteiger partial charge >= 0.3 is 5.97 Å². The maximum atomic E-state index is 13.3. The van der Waals surface area contributed by atoms with Crippen LogP contribution in [0.25, 0.3) is 5.76 Å². The highest BCUT2D eigenvalue weighted by atomic mass is 127. The highest BCUT2D eigenvalue weighted by Crippen LogP contribution is 2.41. The second-order valence-electron chi connectivity index (χ2n) is 7.29. The average molecular weight is 533 g/mol. The third-order valence-corrected chi connectivity index (χ3v) is 5.85. The van der Waals surface area contributed by atoms with Crippen molar-refractivity contribution in [2.45, 2.75) is 13.1 Å². The number of imide groups is 1. The highest BCUT2D eigenvalue weighted by Gasteiger charge is 2.48. The van der Waals surface area contributed by atoms with Crippen molar-refractivity contribution < 1.29 is 24.2 Å². The van der Waals surface area contributed by atoms with Gasteiger partial charge in [0.15, 0.2) is 0 Å². The third-order valence-electron chi connectivity index (χ3n) is 5.18. The molecule has 0 saturated heterocycles. The first-order valence-corrected chi connectivity index (χ1v) is 10.7. The molecule has 2 aromatic carbocycles. The predicted molar refractivity (Wildman–Crippen MR) is 122 cm³/mol. The molecule has 0 fully saturated rings. The highest BCUT2D eigenvalue weighted by molar-refractivity contribution is 14.1. The summed E-state index contributed by atoms with van der Waals surface area (Å²) in [7, 11) is 3.39. The van der Waals surface area contributed by atoms with Crippen LogP contribution in [0.2, 0.25) is 0 Å². The topological polar surface area (TPSA) is 90.4 Å². The SMILES string of the molecule is CCOC(=O)C1=C(O)c2cc(I)ccc2N(N2C(=O)c3ccccc3C2=O)C1N(C)C. The van der Waals surface area contributed by atoms with Gasteiger partial charge in [0.05, 0.1) is 23.4 Å². The van der Waals surface area contributed by atoms with E-state index in [2.05, 4.69) is 22.6 Å². The Bertz CT molecular complexity index is 1110. The van der Waals surface area contributed by atoms with Crippen LogP contribution in [-0.2, 0) is 9.53 Å². The monoisotopic (exact) mass is 533 g/mol. The number of fused-ring (bicyclic) bond motifs is 2. The number of rotatable bonds is 4. The maximum absolute atomic E-state index is 13.3. The number of anilines is 1. The van der Waals surface area contributed by atoms with E-state index >= 15 is 0 Å². The number of aliphatic hydroxyl groups is 1. The minimum absolute atomic E-state index is 0.0436. The number of hydrogen-bond donors (Lipinski definition) is 1. The Kier molecular flexibility index (Phi) is 5.48. The predicted octanol–water partition coefficient (Wildman–Crippen LogP) is 3.04. The van der Waals surface area contributed by atoms with Gasteiger partial charge in [-0.05, 0) is 73.9 Å². The lowest BCUT2D eigenvalue weighted by Gasteiger charge is -2.45. The number of ether oxygens (including phenoxy) is 1. The zero-order chi connectivity index (χ0) is 22.4. The van der Waals surface area contributed by atoms with E-state index in [0.717, 1.165) is 8.58 Å². The summed E-state index contributed by atoms with van der Waals surface area (Å²) in [6, 6.07) is 11.8. The van der Waals surface area contributed by atoms with Crippen molar-refractivity contribution in [1.82, 2.24) is 9.91 Å². The van der Waals surface area contributed by atoms with Crippen LogP contribution in [0.15, 0.2) is 48.0 Å². The molecule has 0 aromatic heterocycles. The largest absolute Gasteiger partial charge is 0.507 e. The summed E-state index contributed by atoms with van der Waals surface area (Å²) in [5, 5.41) is 13.6. The molecule has 2 aliphatic heterocycles. The van der Waals surface area contributed by atoms with Crippen LogP contribution in [-0.4, -0.2) is 59.7 Å². The van der Waals surface area contributed by atoms with Gasteiger partial charge in [-0.2, -0.15) is 5.01 Å². The van der Waals surface area contributed by atoms with Crippen LogP contribution < -0.4 is 5.01 Å². The number of likely N-dealkylation sites (N-methyl/N-ethyl adjacent to an activating group) is 1. The van der Waals surface area contributed by atoms with Gasteiger partial charge in [-0.25, -0.2) is 4.79 Å². The first kappa shape index (κ1) is 21.3. The second kappa shape index (κ2) is 7.97. The molecule has 31 heavy (non-hydrogen) atoms. The molecule has 2 amide bonds. The van der Waals surface area contributed by atoms with Crippen molar-refractivity contribution in [2.75, 3.05) is 25.7 Å². The first-order chi connectivity index (χ1) is 14.8. The number of nitrogens with zero attached hydrogens (tertiary/aromatic N) is 3. The number of hydrogen-bond acceptors (Lipinski definition) is 7. The van der Waals surface area contributed by atoms with Crippen molar-refractivity contribution in [1.29, 1.82) is 0 Å². The summed E-state index contributed by atoms with van der Waals surface area (Å²) in [5.74, 6) is -1.95. The van der Waals surface area contributed by atoms with Crippen LogP contribution in [0.5, 0.6) is 0 Å². The molecule has 0 saturated carbocycles. The Morgan fingerprint density at radius 1 is 1.10 bits per heavy atom. The zero-order valence-electron chi connectivity index (χ0n) is 17.1. The summed E-state index contributed by atoms with van der Waals surface area (Å²) in [6.45, 7) is 1.78. The summed E-state index contributed by atoms with van der Waals surface area (Å²) in [6.07, 6.45) is -0.950. The van der Waals surface area contributed by atoms with Crippen LogP contribution in [0.3, 0.4) is 0 Å². The number of benzene rings is 2. The molecule has 160 valence electrons. The third kappa shape index (κ3) is 3.28. The lowest BCUT2D eigenvalue weighted by Crippen LogP contribution is -2.60. The van der Waals surface area contributed by atoms with E-state index in [0.29, 0.717) is 11.3 Å². The Labute approximate surface area is 192 Å². The van der Waals surface area contributed by atoms with Crippen LogP contribution in [0.4, 0.5) is 5.69 Å². The first-order valence-electron chi connectivity index (χ1n) is 9.61. The Morgan fingerprint density at radius 2 is 1.71 bits per heavy atom. The summed E-state index contributed by atoms with van der Waals surface area (Å²) >= 11 is 2.09. The van der Waals surface area contributed by atoms with Crippen LogP contribution in [0.1, 0.15) is 33.2 Å². The lowest BCUT2D eigenvalue weighted by molar-refractivity contribution is -0.139. The van der Waals surface area contributed by atoms with Gasteiger partial charge in [-0.1, -0.05) is 12.1 Å². The molecule has 1 atom stereocenters. The molecule has 0 aliphatic carbocycles. The summed E-state index contributed by atoms with van der Waals surface area (Å²) in [5.41, 5.74) is 1.30. The minimum atomic E-state index is -0.950. The standard InChI is InChI=1S/C22H20IN3O5/c1-4-31-22(30)17-18(27)15-11-12(23)9-10-16(15)25(19(17)24(2)3)26-20(28)13-7-5-6-8-14(13)21(26)29/h5-11,19,27H,4H2,1-3H3. The molecule has 0 bridgehead atoms. The number of esters is 1. The molecule has 0 spiro atoms. The van der Waals surface area contributed by atoms with Gasteiger partial charge in [0.2, 0.25) is 0 Å². The van der Waals surface area contributed by atoms with Crippen LogP contribution in [0, 0.1) is 3.57 Å². The molecule has 1 N–H and O–H groups in total. The maximum Gasteiger partial charge on any atom is 0.341 e. The average Bonchev–Trinajstić information content (AvgIpc) is 2.99. The number of halogens is 1. The Hall–Kier alpha value is -2.92. The number of carbonyl (C=O) groups excluding carboxylic acids is 3. The molecule has 0 radical (unpaired) electrons. The Balaban J connectivity index is 1.96. The van der Waals surface area contributed by atoms with Gasteiger partial charge in [0.1, 0.15) is 17.5 Å². The molecule has 2 heterocycles. The number of hydrazine groups is 1. The number of aliphatic hydroxyl groups excluding tert-OH is 1. The van der Waals surface area contributed by atoms with Gasteiger partial charge in [0, 0.05) is 9.13 Å². The van der Waals surface area contributed by atoms with E-state index in [-0.39, 0.29) is 29.1 Å². The van der Waals surface area contributed by atoms with Crippen molar-refractivity contribution in [3.8, 4) is 0 Å². The summed E-state index contributed by atoms with van der Waals surface area (Å²) < 4.78 is 6.02. The van der Waals surface area contributed by atoms with Gasteiger partial charge < -0.3 is 9.84 Å². The van der Waals surface area contributed by atoms with Crippen molar-refractivity contribution in [3.63, 3.8) is 0 Å². The molecule has 4 rings (SSSR count). The molecule has 9 heteroatoms. The fraction of sp³-hybridized carbons (Fsp3) is 0.227. The van der Waals surface area contributed by atoms with Crippen molar-refractivity contribution in [2.24, 2.45) is 0 Å². The molecular formula is C22H20IN3O5. The van der Waals surface area contributed by atoms with Crippen molar-refractivity contribution in [3.05, 3.63) is 68.3 Å². The molecule has 2 aromatic rings. The number of carbonyl (C=O) groups is 3. The van der Waals surface area contributed by atoms with Gasteiger partial charge in [-0.3, -0.25) is 19.5 Å². The second-order valence-corrected chi connectivity index (χ2v) is 8.54. The lowest BCUT2D eigenvalue weighted by atomic mass is 9.98. The quantitative estimate of drug-likeness (QED) is 0.367. The minimum Gasteiger partial charge on any atom is -0.507 e. The number of amides is 2. The van der Waals surface area contributed by atoms with E-state index < -0.39 is 23.9 Å². The van der Waals surface area contributed by atoms with E-state index in [9.17, 15) is 19.5 Å². The smallest absolute Gasteiger partial charge is 0.341 e. The summed E-state index contributed by atoms with van der Waals surface area (Å²) in [4.78, 5) is 41.1. The molecule has 1 unspecified atom stereocenters. The van der Waals surface area contributed by atoms with E-state index in [1.807, 2.05) is 0 Å². The zero-order valence-corrected chi connectivity index (χ0v) is 19.3. The Morgan fingerprint density at radius 3 is 2.26 bits per heavy atom. The van der Waals surface area contributed by atoms with E-state index in [1.165, 1.54) is 5.01 Å². The molecular weight excluding hydrogens is 513 g/mol. The molecule has 2 aliphatic rings.